The van der Waals surface area contributed by atoms with Gasteiger partial charge >= 0.3 is 6.03 Å². The van der Waals surface area contributed by atoms with Gasteiger partial charge in [-0.05, 0) is 47.4 Å². The third kappa shape index (κ3) is 3.99. The summed E-state index contributed by atoms with van der Waals surface area (Å²) >= 11 is 1.28. The van der Waals surface area contributed by atoms with Crippen LogP contribution in [0.25, 0.3) is 21.3 Å². The predicted octanol–water partition coefficient (Wildman–Crippen LogP) is 4.52. The third-order valence-corrected chi connectivity index (χ3v) is 5.37. The summed E-state index contributed by atoms with van der Waals surface area (Å²) in [4.78, 5) is 24.1. The van der Waals surface area contributed by atoms with E-state index in [1.165, 1.54) is 29.7 Å². The highest BCUT2D eigenvalue weighted by Gasteiger charge is 2.17. The molecule has 0 fully saturated rings. The van der Waals surface area contributed by atoms with Gasteiger partial charge in [-0.1, -0.05) is 36.4 Å². The van der Waals surface area contributed by atoms with E-state index in [2.05, 4.69) is 15.0 Å². The number of carbonyl (C=O) groups is 2. The lowest BCUT2D eigenvalue weighted by Crippen LogP contribution is -2.28. The van der Waals surface area contributed by atoms with Gasteiger partial charge in [0.1, 0.15) is 5.82 Å². The summed E-state index contributed by atoms with van der Waals surface area (Å²) in [5.74, 6) is -0.953. The van der Waals surface area contributed by atoms with Gasteiger partial charge in [0.25, 0.3) is 0 Å². The number of benzene rings is 3. The summed E-state index contributed by atoms with van der Waals surface area (Å²) in [6, 6.07) is 18.0. The SMILES string of the molecule is NC(=O)c1cccc2snc(-c3ccccc3CNC(=O)Nc3cccc(F)c3)c12. The van der Waals surface area contributed by atoms with E-state index in [4.69, 9.17) is 5.73 Å². The zero-order valence-electron chi connectivity index (χ0n) is 15.7. The van der Waals surface area contributed by atoms with Crippen molar-refractivity contribution >= 4 is 39.2 Å². The first-order valence-corrected chi connectivity index (χ1v) is 9.87. The van der Waals surface area contributed by atoms with Crippen LogP contribution in [0.4, 0.5) is 14.9 Å². The number of nitrogens with two attached hydrogens (primary N) is 1. The van der Waals surface area contributed by atoms with Gasteiger partial charge in [0, 0.05) is 23.2 Å². The lowest BCUT2D eigenvalue weighted by molar-refractivity contribution is 0.100. The maximum atomic E-state index is 13.3. The summed E-state index contributed by atoms with van der Waals surface area (Å²) in [5, 5.41) is 6.06. The number of nitrogens with zero attached hydrogens (tertiary/aromatic N) is 1. The summed E-state index contributed by atoms with van der Waals surface area (Å²) in [6.07, 6.45) is 0. The van der Waals surface area contributed by atoms with Crippen LogP contribution in [0.3, 0.4) is 0 Å². The Balaban J connectivity index is 1.60. The van der Waals surface area contributed by atoms with Crippen LogP contribution in [0.1, 0.15) is 15.9 Å². The molecule has 8 heteroatoms. The van der Waals surface area contributed by atoms with Crippen molar-refractivity contribution in [2.24, 2.45) is 5.73 Å². The summed E-state index contributed by atoms with van der Waals surface area (Å²) in [7, 11) is 0. The first-order valence-electron chi connectivity index (χ1n) is 9.10. The Labute approximate surface area is 175 Å². The molecule has 0 unspecified atom stereocenters. The third-order valence-electron chi connectivity index (χ3n) is 4.56. The van der Waals surface area contributed by atoms with Gasteiger partial charge in [0.15, 0.2) is 0 Å². The Kier molecular flexibility index (Phi) is 5.40. The molecule has 1 aromatic heterocycles. The number of urea groups is 1. The molecule has 0 saturated carbocycles. The molecule has 0 bridgehead atoms. The fraction of sp³-hybridized carbons (Fsp3) is 0.0455. The van der Waals surface area contributed by atoms with Gasteiger partial charge in [-0.25, -0.2) is 9.18 Å². The molecule has 4 N–H and O–H groups in total. The van der Waals surface area contributed by atoms with Crippen molar-refractivity contribution in [3.63, 3.8) is 0 Å². The largest absolute Gasteiger partial charge is 0.366 e. The molecule has 0 aliphatic heterocycles. The first kappa shape index (κ1) is 19.5. The van der Waals surface area contributed by atoms with E-state index in [-0.39, 0.29) is 6.54 Å². The molecular weight excluding hydrogens is 403 g/mol. The van der Waals surface area contributed by atoms with Crippen LogP contribution < -0.4 is 16.4 Å². The Morgan fingerprint density at radius 3 is 2.63 bits per heavy atom. The zero-order chi connectivity index (χ0) is 21.1. The Morgan fingerprint density at radius 1 is 1.03 bits per heavy atom. The van der Waals surface area contributed by atoms with E-state index in [1.807, 2.05) is 30.3 Å². The molecule has 30 heavy (non-hydrogen) atoms. The molecule has 4 aromatic rings. The molecule has 4 rings (SSSR count). The van der Waals surface area contributed by atoms with E-state index in [9.17, 15) is 14.0 Å². The number of hydrogen-bond acceptors (Lipinski definition) is 4. The van der Waals surface area contributed by atoms with Crippen molar-refractivity contribution in [2.45, 2.75) is 6.54 Å². The number of aromatic nitrogens is 1. The lowest BCUT2D eigenvalue weighted by Gasteiger charge is -2.11. The summed E-state index contributed by atoms with van der Waals surface area (Å²) in [5.41, 5.74) is 8.57. The highest BCUT2D eigenvalue weighted by molar-refractivity contribution is 7.13. The number of amides is 3. The van der Waals surface area contributed by atoms with Gasteiger partial charge in [0.05, 0.1) is 16.0 Å². The van der Waals surface area contributed by atoms with E-state index >= 15 is 0 Å². The normalized spacial score (nSPS) is 10.7. The molecule has 3 amide bonds. The minimum Gasteiger partial charge on any atom is -0.366 e. The number of primary amides is 1. The van der Waals surface area contributed by atoms with Gasteiger partial charge in [-0.3, -0.25) is 4.79 Å². The molecule has 0 saturated heterocycles. The monoisotopic (exact) mass is 420 g/mol. The number of rotatable bonds is 5. The fourth-order valence-electron chi connectivity index (χ4n) is 3.20. The highest BCUT2D eigenvalue weighted by Crippen LogP contribution is 2.35. The zero-order valence-corrected chi connectivity index (χ0v) is 16.5. The molecule has 6 nitrogen and oxygen atoms in total. The molecule has 3 aromatic carbocycles. The van der Waals surface area contributed by atoms with Gasteiger partial charge in [-0.15, -0.1) is 0 Å². The molecule has 1 heterocycles. The molecule has 0 atom stereocenters. The Bertz CT molecular complexity index is 1250. The van der Waals surface area contributed by atoms with E-state index in [0.29, 0.717) is 22.3 Å². The van der Waals surface area contributed by atoms with Crippen LogP contribution in [-0.2, 0) is 6.54 Å². The minimum absolute atomic E-state index is 0.217. The number of anilines is 1. The predicted molar refractivity (Wildman–Crippen MR) is 116 cm³/mol. The van der Waals surface area contributed by atoms with Crippen molar-refractivity contribution in [1.29, 1.82) is 0 Å². The minimum atomic E-state index is -0.521. The average molecular weight is 420 g/mol. The average Bonchev–Trinajstić information content (AvgIpc) is 3.16. The fourth-order valence-corrected chi connectivity index (χ4v) is 4.02. The van der Waals surface area contributed by atoms with Gasteiger partial charge < -0.3 is 16.4 Å². The molecular formula is C22H17FN4O2S. The molecule has 0 spiro atoms. The molecule has 0 aliphatic rings. The van der Waals surface area contributed by atoms with Crippen LogP contribution in [0.2, 0.25) is 0 Å². The van der Waals surface area contributed by atoms with E-state index < -0.39 is 17.8 Å². The highest BCUT2D eigenvalue weighted by atomic mass is 32.1. The van der Waals surface area contributed by atoms with Crippen LogP contribution in [0, 0.1) is 5.82 Å². The van der Waals surface area contributed by atoms with Crippen LogP contribution >= 0.6 is 11.5 Å². The second-order valence-corrected chi connectivity index (χ2v) is 7.35. The number of hydrogen-bond donors (Lipinski definition) is 3. The molecule has 0 aliphatic carbocycles. The number of halogens is 1. The van der Waals surface area contributed by atoms with Crippen molar-refractivity contribution < 1.29 is 14.0 Å². The summed E-state index contributed by atoms with van der Waals surface area (Å²) < 4.78 is 18.7. The number of nitrogens with one attached hydrogen (secondary N) is 2. The van der Waals surface area contributed by atoms with E-state index in [1.54, 1.807) is 18.2 Å². The van der Waals surface area contributed by atoms with Gasteiger partial charge in [-0.2, -0.15) is 4.37 Å². The topological polar surface area (TPSA) is 97.1 Å². The first-order chi connectivity index (χ1) is 14.5. The number of fused-ring (bicyclic) bond motifs is 1. The Hall–Kier alpha value is -3.78. The standard InChI is InChI=1S/C22H17FN4O2S/c23-14-6-3-7-15(11-14)26-22(29)25-12-13-5-1-2-8-16(13)20-19-17(21(24)28)9-4-10-18(19)30-27-20/h1-11H,12H2,(H2,24,28)(H2,25,26,29). The van der Waals surface area contributed by atoms with Crippen molar-refractivity contribution in [2.75, 3.05) is 5.32 Å². The molecule has 0 radical (unpaired) electrons. The van der Waals surface area contributed by atoms with Crippen LogP contribution in [0.15, 0.2) is 66.7 Å². The van der Waals surface area contributed by atoms with Gasteiger partial charge in [0.2, 0.25) is 5.91 Å². The Morgan fingerprint density at radius 2 is 1.83 bits per heavy atom. The smallest absolute Gasteiger partial charge is 0.319 e. The van der Waals surface area contributed by atoms with Crippen molar-refractivity contribution in [3.8, 4) is 11.3 Å². The van der Waals surface area contributed by atoms with E-state index in [0.717, 1.165) is 15.8 Å². The maximum Gasteiger partial charge on any atom is 0.319 e. The second-order valence-electron chi connectivity index (χ2n) is 6.55. The second kappa shape index (κ2) is 8.30. The van der Waals surface area contributed by atoms with Crippen LogP contribution in [0.5, 0.6) is 0 Å². The van der Waals surface area contributed by atoms with Crippen molar-refractivity contribution in [3.05, 3.63) is 83.7 Å². The number of carbonyl (C=O) groups excluding carboxylic acids is 2. The maximum absolute atomic E-state index is 13.3. The van der Waals surface area contributed by atoms with Crippen molar-refractivity contribution in [1.82, 2.24) is 9.69 Å². The molecule has 150 valence electrons. The summed E-state index contributed by atoms with van der Waals surface area (Å²) in [6.45, 7) is 0.217. The quantitative estimate of drug-likeness (QED) is 0.443. The van der Waals surface area contributed by atoms with Crippen LogP contribution in [-0.4, -0.2) is 16.3 Å². The lowest BCUT2D eigenvalue weighted by atomic mass is 9.99.